The third-order valence-electron chi connectivity index (χ3n) is 2.21. The van der Waals surface area contributed by atoms with Crippen molar-refractivity contribution in [3.05, 3.63) is 18.7 Å². The predicted octanol–water partition coefficient (Wildman–Crippen LogP) is 1.87. The first-order valence-corrected chi connectivity index (χ1v) is 5.80. The van der Waals surface area contributed by atoms with Crippen molar-refractivity contribution in [3.63, 3.8) is 0 Å². The SMILES string of the molecule is CCSC(C)(CC(=O)OC)n1ccnc1. The van der Waals surface area contributed by atoms with Crippen LogP contribution in [0, 0.1) is 0 Å². The van der Waals surface area contributed by atoms with Crippen LogP contribution >= 0.6 is 11.8 Å². The van der Waals surface area contributed by atoms with Gasteiger partial charge in [0.15, 0.2) is 0 Å². The molecule has 1 aromatic heterocycles. The molecule has 15 heavy (non-hydrogen) atoms. The fraction of sp³-hybridized carbons (Fsp3) is 0.600. The van der Waals surface area contributed by atoms with Crippen LogP contribution in [0.5, 0.6) is 0 Å². The number of hydrogen-bond acceptors (Lipinski definition) is 4. The summed E-state index contributed by atoms with van der Waals surface area (Å²) in [5, 5.41) is 0. The van der Waals surface area contributed by atoms with E-state index in [1.54, 1.807) is 24.3 Å². The van der Waals surface area contributed by atoms with E-state index in [4.69, 9.17) is 4.74 Å². The molecule has 0 aliphatic rings. The molecule has 0 N–H and O–H groups in total. The molecule has 1 heterocycles. The van der Waals surface area contributed by atoms with Crippen LogP contribution in [-0.4, -0.2) is 28.4 Å². The van der Waals surface area contributed by atoms with Gasteiger partial charge in [-0.25, -0.2) is 4.98 Å². The number of ether oxygens (including phenoxy) is 1. The molecule has 4 nitrogen and oxygen atoms in total. The lowest BCUT2D eigenvalue weighted by Crippen LogP contribution is -2.29. The van der Waals surface area contributed by atoms with E-state index in [9.17, 15) is 4.79 Å². The van der Waals surface area contributed by atoms with Crippen molar-refractivity contribution in [1.82, 2.24) is 9.55 Å². The van der Waals surface area contributed by atoms with Crippen LogP contribution in [-0.2, 0) is 14.4 Å². The maximum atomic E-state index is 11.3. The van der Waals surface area contributed by atoms with Gasteiger partial charge in [0, 0.05) is 12.4 Å². The van der Waals surface area contributed by atoms with Gasteiger partial charge in [-0.3, -0.25) is 4.79 Å². The average molecular weight is 228 g/mol. The quantitative estimate of drug-likeness (QED) is 0.722. The summed E-state index contributed by atoms with van der Waals surface area (Å²) in [5.41, 5.74) is 0. The maximum Gasteiger partial charge on any atom is 0.308 e. The van der Waals surface area contributed by atoms with E-state index in [0.717, 1.165) is 5.75 Å². The molecule has 0 bridgehead atoms. The van der Waals surface area contributed by atoms with E-state index in [1.165, 1.54) is 7.11 Å². The van der Waals surface area contributed by atoms with Crippen LogP contribution in [0.2, 0.25) is 0 Å². The van der Waals surface area contributed by atoms with Crippen LogP contribution in [0.25, 0.3) is 0 Å². The molecule has 0 saturated carbocycles. The van der Waals surface area contributed by atoms with Crippen LogP contribution in [0.3, 0.4) is 0 Å². The van der Waals surface area contributed by atoms with E-state index in [2.05, 4.69) is 11.9 Å². The lowest BCUT2D eigenvalue weighted by Gasteiger charge is -2.28. The molecule has 0 aliphatic carbocycles. The number of esters is 1. The highest BCUT2D eigenvalue weighted by atomic mass is 32.2. The minimum absolute atomic E-state index is 0.202. The molecule has 0 aromatic carbocycles. The molecular weight excluding hydrogens is 212 g/mol. The number of nitrogens with zero attached hydrogens (tertiary/aromatic N) is 2. The summed E-state index contributed by atoms with van der Waals surface area (Å²) in [6.45, 7) is 4.08. The zero-order chi connectivity index (χ0) is 11.3. The lowest BCUT2D eigenvalue weighted by atomic mass is 10.2. The Hall–Kier alpha value is -0.970. The Kier molecular flexibility index (Phi) is 4.20. The number of imidazole rings is 1. The van der Waals surface area contributed by atoms with Crippen molar-refractivity contribution in [1.29, 1.82) is 0 Å². The van der Waals surface area contributed by atoms with Gasteiger partial charge >= 0.3 is 5.97 Å². The zero-order valence-corrected chi connectivity index (χ0v) is 10.1. The van der Waals surface area contributed by atoms with Gasteiger partial charge in [0.05, 0.1) is 24.7 Å². The Bertz CT molecular complexity index is 313. The van der Waals surface area contributed by atoms with Gasteiger partial charge in [-0.2, -0.15) is 0 Å². The summed E-state index contributed by atoms with van der Waals surface area (Å²) in [6, 6.07) is 0. The predicted molar refractivity (Wildman–Crippen MR) is 60.6 cm³/mol. The maximum absolute atomic E-state index is 11.3. The molecule has 0 amide bonds. The number of carbonyl (C=O) groups is 1. The minimum atomic E-state index is -0.307. The van der Waals surface area contributed by atoms with Gasteiger partial charge in [-0.05, 0) is 12.7 Å². The molecule has 1 atom stereocenters. The van der Waals surface area contributed by atoms with E-state index in [1.807, 2.05) is 17.7 Å². The second kappa shape index (κ2) is 5.21. The van der Waals surface area contributed by atoms with Crippen molar-refractivity contribution in [2.24, 2.45) is 0 Å². The second-order valence-electron chi connectivity index (χ2n) is 3.33. The molecule has 1 aromatic rings. The second-order valence-corrected chi connectivity index (χ2v) is 5.08. The van der Waals surface area contributed by atoms with Crippen LogP contribution in [0.15, 0.2) is 18.7 Å². The third kappa shape index (κ3) is 2.99. The smallest absolute Gasteiger partial charge is 0.308 e. The monoisotopic (exact) mass is 228 g/mol. The number of carbonyl (C=O) groups excluding carboxylic acids is 1. The molecule has 0 aliphatic heterocycles. The average Bonchev–Trinajstić information content (AvgIpc) is 2.71. The van der Waals surface area contributed by atoms with Gasteiger partial charge in [0.2, 0.25) is 0 Å². The molecule has 1 unspecified atom stereocenters. The van der Waals surface area contributed by atoms with Crippen molar-refractivity contribution in [2.45, 2.75) is 25.1 Å². The Labute approximate surface area is 94.0 Å². The molecule has 0 radical (unpaired) electrons. The number of hydrogen-bond donors (Lipinski definition) is 0. The molecule has 0 spiro atoms. The third-order valence-corrected chi connectivity index (χ3v) is 3.47. The Balaban J connectivity index is 2.83. The molecule has 0 fully saturated rings. The van der Waals surface area contributed by atoms with E-state index < -0.39 is 0 Å². The highest BCUT2D eigenvalue weighted by molar-refractivity contribution is 7.99. The lowest BCUT2D eigenvalue weighted by molar-refractivity contribution is -0.141. The summed E-state index contributed by atoms with van der Waals surface area (Å²) in [4.78, 5) is 15.0. The van der Waals surface area contributed by atoms with Crippen molar-refractivity contribution < 1.29 is 9.53 Å². The van der Waals surface area contributed by atoms with Gasteiger partial charge in [-0.15, -0.1) is 11.8 Å². The summed E-state index contributed by atoms with van der Waals surface area (Å²) < 4.78 is 6.65. The molecule has 0 saturated heterocycles. The zero-order valence-electron chi connectivity index (χ0n) is 9.27. The topological polar surface area (TPSA) is 44.1 Å². The van der Waals surface area contributed by atoms with E-state index >= 15 is 0 Å². The van der Waals surface area contributed by atoms with Crippen molar-refractivity contribution in [3.8, 4) is 0 Å². The molecule has 84 valence electrons. The van der Waals surface area contributed by atoms with Crippen LogP contribution in [0.1, 0.15) is 20.3 Å². The van der Waals surface area contributed by atoms with Gasteiger partial charge in [0.25, 0.3) is 0 Å². The van der Waals surface area contributed by atoms with Crippen LogP contribution in [0.4, 0.5) is 0 Å². The number of thioether (sulfide) groups is 1. The number of methoxy groups -OCH3 is 1. The Morgan fingerprint density at radius 1 is 1.67 bits per heavy atom. The largest absolute Gasteiger partial charge is 0.469 e. The summed E-state index contributed by atoms with van der Waals surface area (Å²) in [5.74, 6) is 0.734. The first-order chi connectivity index (χ1) is 7.12. The van der Waals surface area contributed by atoms with Gasteiger partial charge in [0.1, 0.15) is 0 Å². The number of aromatic nitrogens is 2. The minimum Gasteiger partial charge on any atom is -0.469 e. The van der Waals surface area contributed by atoms with Crippen molar-refractivity contribution in [2.75, 3.05) is 12.9 Å². The first-order valence-electron chi connectivity index (χ1n) is 4.81. The fourth-order valence-electron chi connectivity index (χ4n) is 1.41. The summed E-state index contributed by atoms with van der Waals surface area (Å²) in [6.07, 6.45) is 5.65. The first kappa shape index (κ1) is 12.1. The fourth-order valence-corrected chi connectivity index (χ4v) is 2.51. The number of rotatable bonds is 5. The van der Waals surface area contributed by atoms with Gasteiger partial charge < -0.3 is 9.30 Å². The molecular formula is C10H16N2O2S. The highest BCUT2D eigenvalue weighted by Crippen LogP contribution is 2.33. The van der Waals surface area contributed by atoms with Gasteiger partial charge in [-0.1, -0.05) is 6.92 Å². The summed E-state index contributed by atoms with van der Waals surface area (Å²) in [7, 11) is 1.41. The highest BCUT2D eigenvalue weighted by Gasteiger charge is 2.29. The summed E-state index contributed by atoms with van der Waals surface area (Å²) >= 11 is 1.70. The van der Waals surface area contributed by atoms with E-state index in [0.29, 0.717) is 6.42 Å². The van der Waals surface area contributed by atoms with Crippen LogP contribution < -0.4 is 0 Å². The van der Waals surface area contributed by atoms with E-state index in [-0.39, 0.29) is 10.8 Å². The standard InChI is InChI=1S/C10H16N2O2S/c1-4-15-10(2,7-9(13)14-3)12-6-5-11-8-12/h5-6,8H,4,7H2,1-3H3. The Morgan fingerprint density at radius 3 is 2.87 bits per heavy atom. The molecule has 1 rings (SSSR count). The molecule has 5 heteroatoms. The Morgan fingerprint density at radius 2 is 2.40 bits per heavy atom. The van der Waals surface area contributed by atoms with Crippen molar-refractivity contribution >= 4 is 17.7 Å². The normalized spacial score (nSPS) is 14.6.